The summed E-state index contributed by atoms with van der Waals surface area (Å²) in [5.74, 6) is -1.01. The number of urea groups is 1. The van der Waals surface area contributed by atoms with Crippen LogP contribution in [0.2, 0.25) is 0 Å². The Morgan fingerprint density at radius 2 is 2.33 bits per heavy atom. The predicted octanol–water partition coefficient (Wildman–Crippen LogP) is 0.155. The number of nitrogens with zero attached hydrogens (tertiary/aromatic N) is 3. The van der Waals surface area contributed by atoms with Gasteiger partial charge in [0.2, 0.25) is 0 Å². The lowest BCUT2D eigenvalue weighted by Gasteiger charge is -2.24. The van der Waals surface area contributed by atoms with Gasteiger partial charge in [-0.3, -0.25) is 0 Å². The van der Waals surface area contributed by atoms with Gasteiger partial charge in [0.25, 0.3) is 0 Å². The molecule has 0 aliphatic carbocycles. The molecule has 1 aliphatic heterocycles. The number of likely N-dealkylation sites (tertiary alicyclic amines) is 1. The molecule has 0 spiro atoms. The number of aliphatic carboxylic acids is 1. The highest BCUT2D eigenvalue weighted by Gasteiger charge is 2.40. The van der Waals surface area contributed by atoms with Crippen molar-refractivity contribution >= 4 is 12.0 Å². The molecule has 8 nitrogen and oxygen atoms in total. The van der Waals surface area contributed by atoms with Crippen LogP contribution in [0, 0.1) is 0 Å². The van der Waals surface area contributed by atoms with Crippen LogP contribution in [0.3, 0.4) is 0 Å². The average Bonchev–Trinajstić information content (AvgIpc) is 3.06. The van der Waals surface area contributed by atoms with E-state index in [-0.39, 0.29) is 24.7 Å². The van der Waals surface area contributed by atoms with Crippen molar-refractivity contribution in [3.8, 4) is 0 Å². The van der Waals surface area contributed by atoms with Crippen LogP contribution in [0.1, 0.15) is 13.3 Å². The zero-order valence-electron chi connectivity index (χ0n) is 12.1. The number of carbonyl (C=O) groups is 2. The number of methoxy groups -OCH3 is 1. The molecule has 2 amide bonds. The summed E-state index contributed by atoms with van der Waals surface area (Å²) in [4.78, 5) is 28.7. The minimum absolute atomic E-state index is 0.136. The lowest BCUT2D eigenvalue weighted by molar-refractivity contribution is -0.141. The molecule has 0 aromatic carbocycles. The van der Waals surface area contributed by atoms with E-state index in [1.165, 1.54) is 12.0 Å². The second-order valence-electron chi connectivity index (χ2n) is 5.21. The summed E-state index contributed by atoms with van der Waals surface area (Å²) in [7, 11) is 1.52. The molecule has 21 heavy (non-hydrogen) atoms. The van der Waals surface area contributed by atoms with Gasteiger partial charge in [0.1, 0.15) is 6.04 Å². The first kappa shape index (κ1) is 15.3. The number of carboxylic acids is 1. The first-order valence-electron chi connectivity index (χ1n) is 6.79. The van der Waals surface area contributed by atoms with Crippen molar-refractivity contribution in [3.05, 3.63) is 18.7 Å². The standard InChI is InChI=1S/C13H20N4O4/c1-9(6-16-4-3-14-8-16)15-13(20)17-7-10(21-2)5-11(17)12(18)19/h3-4,8-11H,5-7H2,1-2H3,(H,15,20)(H,18,19). The minimum atomic E-state index is -1.01. The Kier molecular flexibility index (Phi) is 4.79. The quantitative estimate of drug-likeness (QED) is 0.806. The molecular formula is C13H20N4O4. The lowest BCUT2D eigenvalue weighted by Crippen LogP contribution is -2.49. The maximum absolute atomic E-state index is 12.2. The second-order valence-corrected chi connectivity index (χ2v) is 5.21. The molecule has 1 fully saturated rings. The first-order valence-corrected chi connectivity index (χ1v) is 6.79. The smallest absolute Gasteiger partial charge is 0.326 e. The molecule has 0 bridgehead atoms. The first-order chi connectivity index (χ1) is 10.0. The third kappa shape index (κ3) is 3.72. The fourth-order valence-corrected chi connectivity index (χ4v) is 2.48. The molecule has 1 aromatic heterocycles. The SMILES string of the molecule is COC1CC(C(=O)O)N(C(=O)NC(C)Cn2ccnc2)C1. The number of rotatable bonds is 5. The number of ether oxygens (including phenoxy) is 1. The van der Waals surface area contributed by atoms with Crippen LogP contribution in [-0.2, 0) is 16.1 Å². The summed E-state index contributed by atoms with van der Waals surface area (Å²) in [6, 6.07) is -1.35. The van der Waals surface area contributed by atoms with E-state index in [0.29, 0.717) is 13.0 Å². The van der Waals surface area contributed by atoms with Gasteiger partial charge in [-0.05, 0) is 6.92 Å². The van der Waals surface area contributed by atoms with Crippen molar-refractivity contribution in [2.75, 3.05) is 13.7 Å². The Bertz CT molecular complexity index is 490. The van der Waals surface area contributed by atoms with Crippen molar-refractivity contribution in [2.24, 2.45) is 0 Å². The molecule has 3 unspecified atom stereocenters. The van der Waals surface area contributed by atoms with Crippen LogP contribution >= 0.6 is 0 Å². The number of aromatic nitrogens is 2. The average molecular weight is 296 g/mol. The molecule has 3 atom stereocenters. The Balaban J connectivity index is 1.93. The number of imidazole rings is 1. The molecular weight excluding hydrogens is 276 g/mol. The van der Waals surface area contributed by atoms with E-state index >= 15 is 0 Å². The van der Waals surface area contributed by atoms with E-state index in [4.69, 9.17) is 4.74 Å². The van der Waals surface area contributed by atoms with E-state index in [1.807, 2.05) is 11.5 Å². The van der Waals surface area contributed by atoms with Gasteiger partial charge in [-0.1, -0.05) is 0 Å². The summed E-state index contributed by atoms with van der Waals surface area (Å²) in [6.45, 7) is 2.72. The molecule has 0 saturated carbocycles. The predicted molar refractivity (Wildman–Crippen MR) is 73.8 cm³/mol. The molecule has 116 valence electrons. The zero-order chi connectivity index (χ0) is 15.4. The van der Waals surface area contributed by atoms with Gasteiger partial charge >= 0.3 is 12.0 Å². The van der Waals surface area contributed by atoms with Gasteiger partial charge in [0.05, 0.1) is 12.4 Å². The molecule has 2 N–H and O–H groups in total. The van der Waals surface area contributed by atoms with Crippen LogP contribution in [0.25, 0.3) is 0 Å². The molecule has 2 rings (SSSR count). The fourth-order valence-electron chi connectivity index (χ4n) is 2.48. The van der Waals surface area contributed by atoms with Crippen LogP contribution in [-0.4, -0.2) is 63.4 Å². The van der Waals surface area contributed by atoms with Crippen LogP contribution in [0.15, 0.2) is 18.7 Å². The third-order valence-electron chi connectivity index (χ3n) is 3.56. The Morgan fingerprint density at radius 1 is 1.57 bits per heavy atom. The van der Waals surface area contributed by atoms with Crippen molar-refractivity contribution in [1.82, 2.24) is 19.8 Å². The van der Waals surface area contributed by atoms with Gasteiger partial charge in [-0.25, -0.2) is 14.6 Å². The van der Waals surface area contributed by atoms with Crippen LogP contribution in [0.5, 0.6) is 0 Å². The maximum Gasteiger partial charge on any atom is 0.326 e. The van der Waals surface area contributed by atoms with Crippen molar-refractivity contribution in [3.63, 3.8) is 0 Å². The summed E-state index contributed by atoms with van der Waals surface area (Å²) in [5.41, 5.74) is 0. The topological polar surface area (TPSA) is 96.7 Å². The highest BCUT2D eigenvalue weighted by molar-refractivity contribution is 5.83. The number of nitrogens with one attached hydrogen (secondary N) is 1. The van der Waals surface area contributed by atoms with E-state index in [0.717, 1.165) is 0 Å². The van der Waals surface area contributed by atoms with Gasteiger partial charge < -0.3 is 24.6 Å². The minimum Gasteiger partial charge on any atom is -0.480 e. The lowest BCUT2D eigenvalue weighted by atomic mass is 10.2. The third-order valence-corrected chi connectivity index (χ3v) is 3.56. The highest BCUT2D eigenvalue weighted by atomic mass is 16.5. The van der Waals surface area contributed by atoms with Crippen LogP contribution in [0.4, 0.5) is 4.79 Å². The maximum atomic E-state index is 12.2. The molecule has 8 heteroatoms. The summed E-state index contributed by atoms with van der Waals surface area (Å²) < 4.78 is 7.01. The zero-order valence-corrected chi connectivity index (χ0v) is 12.1. The normalized spacial score (nSPS) is 23.0. The Hall–Kier alpha value is -2.09. The fraction of sp³-hybridized carbons (Fsp3) is 0.615. The van der Waals surface area contributed by atoms with Gasteiger partial charge in [-0.15, -0.1) is 0 Å². The molecule has 2 heterocycles. The van der Waals surface area contributed by atoms with E-state index in [1.54, 1.807) is 18.7 Å². The van der Waals surface area contributed by atoms with E-state index < -0.39 is 12.0 Å². The highest BCUT2D eigenvalue weighted by Crippen LogP contribution is 2.20. The summed E-state index contributed by atoms with van der Waals surface area (Å²) in [5, 5.41) is 12.0. The Labute approximate surface area is 122 Å². The second kappa shape index (κ2) is 6.57. The molecule has 1 aliphatic rings. The molecule has 1 aromatic rings. The van der Waals surface area contributed by atoms with Gasteiger partial charge in [0, 0.05) is 45.1 Å². The summed E-state index contributed by atoms with van der Waals surface area (Å²) in [6.07, 6.45) is 5.22. The molecule has 1 saturated heterocycles. The van der Waals surface area contributed by atoms with Crippen molar-refractivity contribution in [1.29, 1.82) is 0 Å². The number of carboxylic acid groups (broad SMARTS) is 1. The van der Waals surface area contributed by atoms with Crippen molar-refractivity contribution < 1.29 is 19.4 Å². The monoisotopic (exact) mass is 296 g/mol. The largest absolute Gasteiger partial charge is 0.480 e. The van der Waals surface area contributed by atoms with E-state index in [2.05, 4.69) is 10.3 Å². The Morgan fingerprint density at radius 3 is 2.90 bits per heavy atom. The van der Waals surface area contributed by atoms with Gasteiger partial charge in [-0.2, -0.15) is 0 Å². The number of hydrogen-bond donors (Lipinski definition) is 2. The van der Waals surface area contributed by atoms with Gasteiger partial charge in [0.15, 0.2) is 0 Å². The number of carbonyl (C=O) groups excluding carboxylic acids is 1. The van der Waals surface area contributed by atoms with Crippen LogP contribution < -0.4 is 5.32 Å². The number of amides is 2. The molecule has 0 radical (unpaired) electrons. The summed E-state index contributed by atoms with van der Waals surface area (Å²) >= 11 is 0. The number of hydrogen-bond acceptors (Lipinski definition) is 4. The van der Waals surface area contributed by atoms with E-state index in [9.17, 15) is 14.7 Å². The van der Waals surface area contributed by atoms with Crippen molar-refractivity contribution in [2.45, 2.75) is 38.1 Å².